The van der Waals surface area contributed by atoms with E-state index in [-0.39, 0.29) is 29.9 Å². The molecule has 3 nitrogen and oxygen atoms in total. The molecule has 1 saturated carbocycles. The first-order valence-corrected chi connectivity index (χ1v) is 5.74. The van der Waals surface area contributed by atoms with Crippen LogP contribution in [0, 0.1) is 17.3 Å². The molecule has 0 heterocycles. The first kappa shape index (κ1) is 12.5. The molecule has 1 aliphatic rings. The molecule has 0 radical (unpaired) electrons. The zero-order valence-corrected chi connectivity index (χ0v) is 10.2. The fourth-order valence-corrected chi connectivity index (χ4v) is 1.90. The molecular formula is C12H23NO2. The molecule has 88 valence electrons. The number of rotatable bonds is 4. The van der Waals surface area contributed by atoms with Crippen LogP contribution in [-0.2, 0) is 4.79 Å². The molecule has 0 aromatic rings. The topological polar surface area (TPSA) is 49.3 Å². The summed E-state index contributed by atoms with van der Waals surface area (Å²) in [6.45, 7) is 8.46. The van der Waals surface area contributed by atoms with Crippen LogP contribution in [0.2, 0.25) is 0 Å². The number of nitrogens with one attached hydrogen (secondary N) is 1. The van der Waals surface area contributed by atoms with Crippen LogP contribution in [0.1, 0.15) is 40.5 Å². The Labute approximate surface area is 92.3 Å². The molecule has 0 spiro atoms. The van der Waals surface area contributed by atoms with E-state index in [1.165, 1.54) is 0 Å². The maximum absolute atomic E-state index is 11.6. The minimum atomic E-state index is -0.0923. The van der Waals surface area contributed by atoms with Gasteiger partial charge in [0.1, 0.15) is 0 Å². The van der Waals surface area contributed by atoms with E-state index in [2.05, 4.69) is 33.0 Å². The van der Waals surface area contributed by atoms with Gasteiger partial charge in [-0.1, -0.05) is 27.7 Å². The molecule has 1 aliphatic carbocycles. The van der Waals surface area contributed by atoms with Crippen molar-refractivity contribution < 1.29 is 9.90 Å². The first-order valence-electron chi connectivity index (χ1n) is 5.74. The third-order valence-corrected chi connectivity index (χ3v) is 2.87. The summed E-state index contributed by atoms with van der Waals surface area (Å²) < 4.78 is 0. The number of aliphatic hydroxyl groups excluding tert-OH is 1. The second kappa shape index (κ2) is 4.52. The van der Waals surface area contributed by atoms with Crippen LogP contribution in [0.3, 0.4) is 0 Å². The second-order valence-corrected chi connectivity index (χ2v) is 5.97. The van der Waals surface area contributed by atoms with Crippen LogP contribution in [0.4, 0.5) is 0 Å². The Kier molecular flexibility index (Phi) is 3.77. The van der Waals surface area contributed by atoms with E-state index < -0.39 is 0 Å². The van der Waals surface area contributed by atoms with Crippen molar-refractivity contribution >= 4 is 5.91 Å². The maximum atomic E-state index is 11.6. The van der Waals surface area contributed by atoms with Crippen molar-refractivity contribution in [2.24, 2.45) is 17.3 Å². The number of hydrogen-bond donors (Lipinski definition) is 2. The highest BCUT2D eigenvalue weighted by atomic mass is 16.3. The molecule has 3 heteroatoms. The smallest absolute Gasteiger partial charge is 0.223 e. The van der Waals surface area contributed by atoms with E-state index >= 15 is 0 Å². The highest BCUT2D eigenvalue weighted by Gasteiger charge is 2.39. The van der Waals surface area contributed by atoms with E-state index in [4.69, 9.17) is 0 Å². The van der Waals surface area contributed by atoms with Crippen molar-refractivity contribution in [2.45, 2.75) is 46.6 Å². The zero-order chi connectivity index (χ0) is 11.6. The molecule has 0 bridgehead atoms. The van der Waals surface area contributed by atoms with Crippen molar-refractivity contribution in [2.75, 3.05) is 6.61 Å². The van der Waals surface area contributed by atoms with Crippen LogP contribution in [-0.4, -0.2) is 23.7 Å². The van der Waals surface area contributed by atoms with E-state index in [1.807, 2.05) is 0 Å². The Hall–Kier alpha value is -0.570. The van der Waals surface area contributed by atoms with Crippen LogP contribution >= 0.6 is 0 Å². The molecule has 1 rings (SSSR count). The van der Waals surface area contributed by atoms with Gasteiger partial charge in [0.25, 0.3) is 0 Å². The summed E-state index contributed by atoms with van der Waals surface area (Å²) in [5.74, 6) is 0.837. The fourth-order valence-electron chi connectivity index (χ4n) is 1.90. The number of carbonyl (C=O) groups is 1. The van der Waals surface area contributed by atoms with Gasteiger partial charge in [0, 0.05) is 5.92 Å². The Bertz CT molecular complexity index is 232. The Morgan fingerprint density at radius 3 is 2.40 bits per heavy atom. The van der Waals surface area contributed by atoms with E-state index in [0.29, 0.717) is 5.92 Å². The SMILES string of the molecule is CC1CC1C(=O)NC(CO)CC(C)(C)C. The van der Waals surface area contributed by atoms with Gasteiger partial charge in [-0.25, -0.2) is 0 Å². The minimum absolute atomic E-state index is 0.0319. The van der Waals surface area contributed by atoms with Crippen molar-refractivity contribution in [3.8, 4) is 0 Å². The minimum Gasteiger partial charge on any atom is -0.394 e. The first-order chi connectivity index (χ1) is 6.83. The zero-order valence-electron chi connectivity index (χ0n) is 10.2. The lowest BCUT2D eigenvalue weighted by molar-refractivity contribution is -0.123. The highest BCUT2D eigenvalue weighted by Crippen LogP contribution is 2.37. The van der Waals surface area contributed by atoms with Crippen LogP contribution < -0.4 is 5.32 Å². The van der Waals surface area contributed by atoms with Crippen LogP contribution in [0.25, 0.3) is 0 Å². The molecule has 0 aromatic carbocycles. The van der Waals surface area contributed by atoms with Crippen LogP contribution in [0.5, 0.6) is 0 Å². The summed E-state index contributed by atoms with van der Waals surface area (Å²) >= 11 is 0. The molecule has 0 aromatic heterocycles. The van der Waals surface area contributed by atoms with E-state index in [0.717, 1.165) is 12.8 Å². The maximum Gasteiger partial charge on any atom is 0.223 e. The third-order valence-electron chi connectivity index (χ3n) is 2.87. The average molecular weight is 213 g/mol. The van der Waals surface area contributed by atoms with Crippen LogP contribution in [0.15, 0.2) is 0 Å². The average Bonchev–Trinajstić information content (AvgIpc) is 2.79. The lowest BCUT2D eigenvalue weighted by Crippen LogP contribution is -2.41. The van der Waals surface area contributed by atoms with Crippen molar-refractivity contribution in [3.63, 3.8) is 0 Å². The van der Waals surface area contributed by atoms with Gasteiger partial charge in [0.15, 0.2) is 0 Å². The normalized spacial score (nSPS) is 27.3. The monoisotopic (exact) mass is 213 g/mol. The fraction of sp³-hybridized carbons (Fsp3) is 0.917. The van der Waals surface area contributed by atoms with Gasteiger partial charge >= 0.3 is 0 Å². The molecule has 0 aliphatic heterocycles. The van der Waals surface area contributed by atoms with Gasteiger partial charge in [-0.05, 0) is 24.2 Å². The quantitative estimate of drug-likeness (QED) is 0.744. The summed E-state index contributed by atoms with van der Waals surface area (Å²) in [7, 11) is 0. The number of carbonyl (C=O) groups excluding carboxylic acids is 1. The Morgan fingerprint density at radius 2 is 2.07 bits per heavy atom. The van der Waals surface area contributed by atoms with E-state index in [1.54, 1.807) is 0 Å². The van der Waals surface area contributed by atoms with Crippen molar-refractivity contribution in [3.05, 3.63) is 0 Å². The number of amides is 1. The lowest BCUT2D eigenvalue weighted by atomic mass is 9.88. The largest absolute Gasteiger partial charge is 0.394 e. The van der Waals surface area contributed by atoms with Crippen molar-refractivity contribution in [1.82, 2.24) is 5.32 Å². The molecule has 1 amide bonds. The lowest BCUT2D eigenvalue weighted by Gasteiger charge is -2.25. The van der Waals surface area contributed by atoms with Gasteiger partial charge in [-0.15, -0.1) is 0 Å². The van der Waals surface area contributed by atoms with E-state index in [9.17, 15) is 9.90 Å². The predicted molar refractivity (Wildman–Crippen MR) is 60.4 cm³/mol. The van der Waals surface area contributed by atoms with Crippen molar-refractivity contribution in [1.29, 1.82) is 0 Å². The molecular weight excluding hydrogens is 190 g/mol. The predicted octanol–water partition coefficient (Wildman–Crippen LogP) is 1.56. The number of aliphatic hydroxyl groups is 1. The molecule has 3 atom stereocenters. The van der Waals surface area contributed by atoms with Gasteiger partial charge in [0.2, 0.25) is 5.91 Å². The van der Waals surface area contributed by atoms with Gasteiger partial charge in [-0.3, -0.25) is 4.79 Å². The Balaban J connectivity index is 2.36. The molecule has 1 fully saturated rings. The highest BCUT2D eigenvalue weighted by molar-refractivity contribution is 5.81. The Morgan fingerprint density at radius 1 is 1.53 bits per heavy atom. The third kappa shape index (κ3) is 4.20. The summed E-state index contributed by atoms with van der Waals surface area (Å²) in [6.07, 6.45) is 1.82. The van der Waals surface area contributed by atoms with Gasteiger partial charge in [-0.2, -0.15) is 0 Å². The van der Waals surface area contributed by atoms with Gasteiger partial charge in [0.05, 0.1) is 12.6 Å². The standard InChI is InChI=1S/C12H23NO2/c1-8-5-10(8)11(15)13-9(7-14)6-12(2,3)4/h8-10,14H,5-7H2,1-4H3,(H,13,15). The second-order valence-electron chi connectivity index (χ2n) is 5.97. The molecule has 3 unspecified atom stereocenters. The summed E-state index contributed by atoms with van der Waals surface area (Å²) in [6, 6.07) is -0.0923. The summed E-state index contributed by atoms with van der Waals surface area (Å²) in [4.78, 5) is 11.6. The van der Waals surface area contributed by atoms with Gasteiger partial charge < -0.3 is 10.4 Å². The number of hydrogen-bond acceptors (Lipinski definition) is 2. The molecule has 2 N–H and O–H groups in total. The molecule has 0 saturated heterocycles. The summed E-state index contributed by atoms with van der Waals surface area (Å²) in [5.41, 5.74) is 0.135. The summed E-state index contributed by atoms with van der Waals surface area (Å²) in [5, 5.41) is 12.1. The molecule has 15 heavy (non-hydrogen) atoms.